The quantitative estimate of drug-likeness (QED) is 0.219. The second kappa shape index (κ2) is 7.54. The molecule has 1 heterocycles. The Morgan fingerprint density at radius 3 is 1.80 bits per heavy atom. The minimum atomic E-state index is -0.0307. The van der Waals surface area contributed by atoms with Gasteiger partial charge in [0.15, 0.2) is 0 Å². The Morgan fingerprint density at radius 1 is 0.700 bits per heavy atom. The number of rotatable bonds is 2. The highest BCUT2D eigenvalue weighted by atomic mass is 127. The maximum atomic E-state index is 3.65. The zero-order valence-corrected chi connectivity index (χ0v) is 20.6. The van der Waals surface area contributed by atoms with E-state index in [1.807, 2.05) is 0 Å². The minimum Gasteiger partial charge on any atom is -0.310 e. The van der Waals surface area contributed by atoms with Crippen molar-refractivity contribution in [1.29, 1.82) is 0 Å². The van der Waals surface area contributed by atoms with Gasteiger partial charge in [-0.05, 0) is 97.2 Å². The zero-order valence-electron chi connectivity index (χ0n) is 16.9. The molecule has 0 aromatic heterocycles. The number of anilines is 3. The number of halogens is 2. The lowest BCUT2D eigenvalue weighted by Gasteiger charge is -2.42. The number of benzene rings is 4. The first-order valence-corrected chi connectivity index (χ1v) is 11.9. The van der Waals surface area contributed by atoms with Crippen LogP contribution in [0.3, 0.4) is 0 Å². The lowest BCUT2D eigenvalue weighted by molar-refractivity contribution is 0.632. The molecule has 5 rings (SSSR count). The van der Waals surface area contributed by atoms with Gasteiger partial charge in [-0.15, -0.1) is 0 Å². The molecule has 0 amide bonds. The molecule has 4 aromatic carbocycles. The van der Waals surface area contributed by atoms with E-state index in [1.165, 1.54) is 42.9 Å². The van der Waals surface area contributed by atoms with Crippen molar-refractivity contribution in [1.82, 2.24) is 0 Å². The average molecular weight is 566 g/mol. The highest BCUT2D eigenvalue weighted by Crippen LogP contribution is 2.51. The molecular weight excluding hydrogens is 545 g/mol. The van der Waals surface area contributed by atoms with Gasteiger partial charge in [0.1, 0.15) is 0 Å². The fraction of sp³-hybridized carbons (Fsp3) is 0.111. The van der Waals surface area contributed by atoms with Crippen molar-refractivity contribution in [3.63, 3.8) is 0 Å². The molecule has 0 saturated heterocycles. The van der Waals surface area contributed by atoms with Crippen LogP contribution in [0.2, 0.25) is 0 Å². The van der Waals surface area contributed by atoms with Gasteiger partial charge in [0.05, 0.1) is 11.4 Å². The van der Waals surface area contributed by atoms with Gasteiger partial charge in [-0.3, -0.25) is 0 Å². The van der Waals surface area contributed by atoms with E-state index in [0.717, 1.165) is 4.47 Å². The summed E-state index contributed by atoms with van der Waals surface area (Å²) in [5, 5.41) is 0. The van der Waals surface area contributed by atoms with Crippen molar-refractivity contribution >= 4 is 55.6 Å². The minimum absolute atomic E-state index is 0.0307. The van der Waals surface area contributed by atoms with Gasteiger partial charge >= 0.3 is 0 Å². The van der Waals surface area contributed by atoms with E-state index in [4.69, 9.17) is 0 Å². The molecule has 0 bridgehead atoms. The van der Waals surface area contributed by atoms with Gasteiger partial charge in [0, 0.05) is 19.1 Å². The molecule has 1 nitrogen and oxygen atoms in total. The first-order chi connectivity index (χ1) is 14.5. The molecular formula is C27H21BrIN. The first-order valence-electron chi connectivity index (χ1n) is 10.0. The number of nitrogens with zero attached hydrogens (tertiary/aromatic N) is 1. The van der Waals surface area contributed by atoms with Crippen molar-refractivity contribution in [2.24, 2.45) is 0 Å². The molecule has 0 fully saturated rings. The Kier molecular flexibility index (Phi) is 4.98. The Labute approximate surface area is 200 Å². The Balaban J connectivity index is 1.63. The fourth-order valence-electron chi connectivity index (χ4n) is 4.43. The van der Waals surface area contributed by atoms with Crippen LogP contribution in [0.15, 0.2) is 95.5 Å². The van der Waals surface area contributed by atoms with Crippen LogP contribution in [0, 0.1) is 3.57 Å². The molecule has 30 heavy (non-hydrogen) atoms. The fourth-order valence-corrected chi connectivity index (χ4v) is 5.14. The lowest BCUT2D eigenvalue weighted by atomic mass is 9.73. The van der Waals surface area contributed by atoms with Crippen LogP contribution < -0.4 is 4.90 Å². The second-order valence-corrected chi connectivity index (χ2v) is 10.2. The van der Waals surface area contributed by atoms with Crippen LogP contribution in [-0.4, -0.2) is 0 Å². The number of para-hydroxylation sites is 2. The summed E-state index contributed by atoms with van der Waals surface area (Å²) < 4.78 is 2.35. The van der Waals surface area contributed by atoms with E-state index in [1.54, 1.807) is 0 Å². The summed E-state index contributed by atoms with van der Waals surface area (Å²) >= 11 is 6.00. The largest absolute Gasteiger partial charge is 0.310 e. The topological polar surface area (TPSA) is 3.24 Å². The van der Waals surface area contributed by atoms with Gasteiger partial charge in [0.25, 0.3) is 0 Å². The highest BCUT2D eigenvalue weighted by Gasteiger charge is 2.36. The number of hydrogen-bond acceptors (Lipinski definition) is 1. The SMILES string of the molecule is CC1(C)c2ccccc2N(c2ccc(-c3ccc(I)c(Br)c3)cc2)c2ccccc21. The average Bonchev–Trinajstić information content (AvgIpc) is 2.76. The molecule has 0 unspecified atom stereocenters. The third-order valence-corrected chi connectivity index (χ3v) is 8.35. The highest BCUT2D eigenvalue weighted by molar-refractivity contribution is 14.1. The van der Waals surface area contributed by atoms with Crippen LogP contribution in [0.1, 0.15) is 25.0 Å². The monoisotopic (exact) mass is 565 g/mol. The lowest BCUT2D eigenvalue weighted by Crippen LogP contribution is -2.30. The van der Waals surface area contributed by atoms with E-state index in [2.05, 4.69) is 148 Å². The van der Waals surface area contributed by atoms with E-state index >= 15 is 0 Å². The smallest absolute Gasteiger partial charge is 0.0502 e. The molecule has 1 aliphatic rings. The van der Waals surface area contributed by atoms with Gasteiger partial charge < -0.3 is 4.90 Å². The first kappa shape index (κ1) is 19.8. The van der Waals surface area contributed by atoms with Crippen LogP contribution >= 0.6 is 38.5 Å². The Morgan fingerprint density at radius 2 is 1.23 bits per heavy atom. The maximum Gasteiger partial charge on any atom is 0.0502 e. The standard InChI is InChI=1S/C27H21BrIN/c1-27(2)21-7-3-5-9-25(21)30(26-10-6-4-8-22(26)27)20-14-11-18(12-15-20)19-13-16-24(29)23(28)17-19/h3-17H,1-2H3. The molecule has 1 aliphatic heterocycles. The molecule has 0 atom stereocenters. The van der Waals surface area contributed by atoms with Gasteiger partial charge in [-0.1, -0.05) is 68.4 Å². The van der Waals surface area contributed by atoms with Crippen molar-refractivity contribution in [3.05, 3.63) is 110 Å². The molecule has 4 aromatic rings. The number of hydrogen-bond donors (Lipinski definition) is 0. The molecule has 0 saturated carbocycles. The Bertz CT molecular complexity index is 1190. The van der Waals surface area contributed by atoms with E-state index in [0.29, 0.717) is 0 Å². The molecule has 0 spiro atoms. The van der Waals surface area contributed by atoms with Crippen molar-refractivity contribution in [2.75, 3.05) is 4.90 Å². The predicted octanol–water partition coefficient (Wildman–Crippen LogP) is 8.83. The zero-order chi connectivity index (χ0) is 20.9. The van der Waals surface area contributed by atoms with Crippen LogP contribution in [-0.2, 0) is 5.41 Å². The normalized spacial score (nSPS) is 14.2. The van der Waals surface area contributed by atoms with E-state index < -0.39 is 0 Å². The van der Waals surface area contributed by atoms with Gasteiger partial charge in [-0.2, -0.15) is 0 Å². The van der Waals surface area contributed by atoms with Crippen molar-refractivity contribution < 1.29 is 0 Å². The maximum absolute atomic E-state index is 3.65. The van der Waals surface area contributed by atoms with Crippen molar-refractivity contribution in [3.8, 4) is 11.1 Å². The molecule has 148 valence electrons. The molecule has 0 radical (unpaired) electrons. The van der Waals surface area contributed by atoms with Crippen LogP contribution in [0.4, 0.5) is 17.1 Å². The summed E-state index contributed by atoms with van der Waals surface area (Å²) in [4.78, 5) is 2.39. The van der Waals surface area contributed by atoms with Gasteiger partial charge in [-0.25, -0.2) is 0 Å². The van der Waals surface area contributed by atoms with Crippen molar-refractivity contribution in [2.45, 2.75) is 19.3 Å². The number of fused-ring (bicyclic) bond motifs is 2. The summed E-state index contributed by atoms with van der Waals surface area (Å²) in [5.41, 5.74) is 8.81. The Hall–Kier alpha value is -2.11. The van der Waals surface area contributed by atoms with E-state index in [-0.39, 0.29) is 5.41 Å². The summed E-state index contributed by atoms with van der Waals surface area (Å²) in [6.45, 7) is 4.64. The summed E-state index contributed by atoms with van der Waals surface area (Å²) in [5.74, 6) is 0. The molecule has 0 aliphatic carbocycles. The summed E-state index contributed by atoms with van der Waals surface area (Å²) in [6.07, 6.45) is 0. The van der Waals surface area contributed by atoms with E-state index in [9.17, 15) is 0 Å². The van der Waals surface area contributed by atoms with Crippen LogP contribution in [0.5, 0.6) is 0 Å². The second-order valence-electron chi connectivity index (χ2n) is 8.17. The van der Waals surface area contributed by atoms with Gasteiger partial charge in [0.2, 0.25) is 0 Å². The van der Waals surface area contributed by atoms with Crippen LogP contribution in [0.25, 0.3) is 11.1 Å². The summed E-state index contributed by atoms with van der Waals surface area (Å²) in [7, 11) is 0. The summed E-state index contributed by atoms with van der Waals surface area (Å²) in [6, 6.07) is 32.9. The molecule has 0 N–H and O–H groups in total. The predicted molar refractivity (Wildman–Crippen MR) is 139 cm³/mol. The third kappa shape index (κ3) is 3.19. The third-order valence-electron chi connectivity index (χ3n) is 6.02. The molecule has 3 heteroatoms.